The van der Waals surface area contributed by atoms with Gasteiger partial charge in [-0.3, -0.25) is 14.3 Å². The minimum atomic E-state index is -0.269. The van der Waals surface area contributed by atoms with Crippen molar-refractivity contribution in [1.82, 2.24) is 15.1 Å². The van der Waals surface area contributed by atoms with E-state index in [0.29, 0.717) is 11.3 Å². The number of carbonyl (C=O) groups excluding carboxylic acids is 2. The van der Waals surface area contributed by atoms with E-state index in [1.165, 1.54) is 0 Å². The Morgan fingerprint density at radius 2 is 1.71 bits per heavy atom. The van der Waals surface area contributed by atoms with Crippen LogP contribution in [0.1, 0.15) is 39.8 Å². The molecule has 0 unspecified atom stereocenters. The van der Waals surface area contributed by atoms with Crippen LogP contribution in [0, 0.1) is 27.7 Å². The Bertz CT molecular complexity index is 757. The average molecular weight is 328 g/mol. The first kappa shape index (κ1) is 17.7. The minimum absolute atomic E-state index is 0.0813. The lowest BCUT2D eigenvalue weighted by Crippen LogP contribution is -2.33. The van der Waals surface area contributed by atoms with E-state index in [2.05, 4.69) is 15.7 Å². The van der Waals surface area contributed by atoms with Crippen LogP contribution in [-0.4, -0.2) is 28.1 Å². The zero-order chi connectivity index (χ0) is 17.9. The molecule has 2 amide bonds. The number of nitrogens with zero attached hydrogens (tertiary/aromatic N) is 2. The topological polar surface area (TPSA) is 76.0 Å². The van der Waals surface area contributed by atoms with Crippen LogP contribution >= 0.6 is 0 Å². The lowest BCUT2D eigenvalue weighted by molar-refractivity contribution is -0.115. The molecule has 0 spiro atoms. The van der Waals surface area contributed by atoms with Crippen molar-refractivity contribution in [2.45, 2.75) is 41.2 Å². The van der Waals surface area contributed by atoms with Gasteiger partial charge in [0, 0.05) is 12.1 Å². The number of anilines is 1. The summed E-state index contributed by atoms with van der Waals surface area (Å²) in [6, 6.07) is 5.61. The normalized spacial score (nSPS) is 10.5. The van der Waals surface area contributed by atoms with Gasteiger partial charge >= 0.3 is 0 Å². The monoisotopic (exact) mass is 328 g/mol. The van der Waals surface area contributed by atoms with Gasteiger partial charge in [-0.2, -0.15) is 5.10 Å². The summed E-state index contributed by atoms with van der Waals surface area (Å²) >= 11 is 0. The van der Waals surface area contributed by atoms with Gasteiger partial charge in [0.25, 0.3) is 5.91 Å². The van der Waals surface area contributed by atoms with Crippen molar-refractivity contribution >= 4 is 17.5 Å². The van der Waals surface area contributed by atoms with E-state index >= 15 is 0 Å². The predicted molar refractivity (Wildman–Crippen MR) is 94.3 cm³/mol. The number of amides is 2. The van der Waals surface area contributed by atoms with Crippen molar-refractivity contribution in [3.8, 4) is 0 Å². The minimum Gasteiger partial charge on any atom is -0.343 e. The van der Waals surface area contributed by atoms with Gasteiger partial charge in [0.15, 0.2) is 0 Å². The maximum Gasteiger partial charge on any atom is 0.251 e. The summed E-state index contributed by atoms with van der Waals surface area (Å²) in [5.74, 6) is -0.524. The SMILES string of the molecule is CCn1nc(C)c(NC(=O)CNC(=O)c2cc(C)cc(C)c2)c1C. The highest BCUT2D eigenvalue weighted by Crippen LogP contribution is 2.19. The molecule has 128 valence electrons. The summed E-state index contributed by atoms with van der Waals surface area (Å²) in [5.41, 5.74) is 4.98. The largest absolute Gasteiger partial charge is 0.343 e. The summed E-state index contributed by atoms with van der Waals surface area (Å²) in [6.45, 7) is 10.3. The van der Waals surface area contributed by atoms with Gasteiger partial charge in [-0.05, 0) is 46.8 Å². The predicted octanol–water partition coefficient (Wildman–Crippen LogP) is 2.51. The van der Waals surface area contributed by atoms with E-state index in [4.69, 9.17) is 0 Å². The Hall–Kier alpha value is -2.63. The van der Waals surface area contributed by atoms with E-state index in [-0.39, 0.29) is 18.4 Å². The lowest BCUT2D eigenvalue weighted by Gasteiger charge is -2.09. The summed E-state index contributed by atoms with van der Waals surface area (Å²) in [6.07, 6.45) is 0. The maximum atomic E-state index is 12.2. The number of nitrogens with one attached hydrogen (secondary N) is 2. The molecule has 0 bridgehead atoms. The van der Waals surface area contributed by atoms with Crippen LogP contribution in [0.4, 0.5) is 5.69 Å². The Balaban J connectivity index is 1.98. The number of carbonyl (C=O) groups is 2. The zero-order valence-electron chi connectivity index (χ0n) is 14.9. The first-order chi connectivity index (χ1) is 11.3. The molecular formula is C18H24N4O2. The van der Waals surface area contributed by atoms with Crippen molar-refractivity contribution in [1.29, 1.82) is 0 Å². The molecule has 0 aliphatic rings. The second kappa shape index (κ2) is 7.29. The molecule has 0 radical (unpaired) electrons. The van der Waals surface area contributed by atoms with Gasteiger partial charge in [-0.1, -0.05) is 17.2 Å². The number of aromatic nitrogens is 2. The molecule has 0 saturated heterocycles. The molecule has 24 heavy (non-hydrogen) atoms. The highest BCUT2D eigenvalue weighted by Gasteiger charge is 2.14. The molecule has 1 heterocycles. The zero-order valence-corrected chi connectivity index (χ0v) is 14.9. The third kappa shape index (κ3) is 4.01. The van der Waals surface area contributed by atoms with Gasteiger partial charge in [0.2, 0.25) is 5.91 Å². The van der Waals surface area contributed by atoms with Crippen molar-refractivity contribution < 1.29 is 9.59 Å². The molecule has 6 nitrogen and oxygen atoms in total. The Morgan fingerprint density at radius 1 is 1.08 bits per heavy atom. The summed E-state index contributed by atoms with van der Waals surface area (Å²) < 4.78 is 1.83. The first-order valence-corrected chi connectivity index (χ1v) is 8.02. The highest BCUT2D eigenvalue weighted by molar-refractivity contribution is 5.99. The van der Waals surface area contributed by atoms with Gasteiger partial charge in [-0.25, -0.2) is 0 Å². The molecule has 0 saturated carbocycles. The van der Waals surface area contributed by atoms with Crippen molar-refractivity contribution in [3.05, 3.63) is 46.3 Å². The molecule has 1 aromatic heterocycles. The number of benzene rings is 1. The number of rotatable bonds is 5. The summed E-state index contributed by atoms with van der Waals surface area (Å²) in [7, 11) is 0. The quantitative estimate of drug-likeness (QED) is 0.885. The molecule has 2 N–H and O–H groups in total. The Kier molecular flexibility index (Phi) is 5.39. The van der Waals surface area contributed by atoms with Gasteiger partial charge < -0.3 is 10.6 Å². The van der Waals surface area contributed by atoms with Gasteiger partial charge in [0.05, 0.1) is 23.6 Å². The Morgan fingerprint density at radius 3 is 2.25 bits per heavy atom. The molecule has 6 heteroatoms. The third-order valence-corrected chi connectivity index (χ3v) is 3.84. The van der Waals surface area contributed by atoms with Crippen LogP contribution in [-0.2, 0) is 11.3 Å². The van der Waals surface area contributed by atoms with E-state index in [1.807, 2.05) is 45.4 Å². The van der Waals surface area contributed by atoms with Gasteiger partial charge in [-0.15, -0.1) is 0 Å². The fraction of sp³-hybridized carbons (Fsp3) is 0.389. The molecule has 0 atom stereocenters. The fourth-order valence-corrected chi connectivity index (χ4v) is 2.74. The van der Waals surface area contributed by atoms with Crippen LogP contribution in [0.2, 0.25) is 0 Å². The van der Waals surface area contributed by atoms with E-state index in [1.54, 1.807) is 12.1 Å². The second-order valence-electron chi connectivity index (χ2n) is 5.97. The second-order valence-corrected chi connectivity index (χ2v) is 5.97. The number of hydrogen-bond acceptors (Lipinski definition) is 3. The van der Waals surface area contributed by atoms with E-state index in [9.17, 15) is 9.59 Å². The van der Waals surface area contributed by atoms with Crippen molar-refractivity contribution in [2.24, 2.45) is 0 Å². The lowest BCUT2D eigenvalue weighted by atomic mass is 10.1. The molecule has 0 fully saturated rings. The first-order valence-electron chi connectivity index (χ1n) is 8.02. The maximum absolute atomic E-state index is 12.2. The highest BCUT2D eigenvalue weighted by atomic mass is 16.2. The van der Waals surface area contributed by atoms with Crippen molar-refractivity contribution in [2.75, 3.05) is 11.9 Å². The average Bonchev–Trinajstić information content (AvgIpc) is 2.79. The molecule has 0 aliphatic heterocycles. The number of hydrogen-bond donors (Lipinski definition) is 2. The molecule has 0 aliphatic carbocycles. The van der Waals surface area contributed by atoms with Gasteiger partial charge in [0.1, 0.15) is 0 Å². The van der Waals surface area contributed by atoms with Crippen molar-refractivity contribution in [3.63, 3.8) is 0 Å². The smallest absolute Gasteiger partial charge is 0.251 e. The molecule has 2 aromatic rings. The molecule has 1 aromatic carbocycles. The number of aryl methyl sites for hydroxylation is 4. The molecule has 2 rings (SSSR count). The molecular weight excluding hydrogens is 304 g/mol. The fourth-order valence-electron chi connectivity index (χ4n) is 2.74. The summed E-state index contributed by atoms with van der Waals surface area (Å²) in [5, 5.41) is 9.84. The third-order valence-electron chi connectivity index (χ3n) is 3.84. The van der Waals surface area contributed by atoms with Crippen LogP contribution in [0.3, 0.4) is 0 Å². The van der Waals surface area contributed by atoms with Crippen LogP contribution in [0.15, 0.2) is 18.2 Å². The summed E-state index contributed by atoms with van der Waals surface area (Å²) in [4.78, 5) is 24.3. The van der Waals surface area contributed by atoms with E-state index in [0.717, 1.165) is 29.1 Å². The van der Waals surface area contributed by atoms with Crippen LogP contribution in [0.25, 0.3) is 0 Å². The standard InChI is InChI=1S/C18H24N4O2/c1-6-22-14(5)17(13(4)21-22)20-16(23)10-19-18(24)15-8-11(2)7-12(3)9-15/h7-9H,6,10H2,1-5H3,(H,19,24)(H,20,23). The Labute approximate surface area is 142 Å². The van der Waals surface area contributed by atoms with Crippen LogP contribution < -0.4 is 10.6 Å². The van der Waals surface area contributed by atoms with Crippen LogP contribution in [0.5, 0.6) is 0 Å². The van der Waals surface area contributed by atoms with E-state index < -0.39 is 0 Å².